The Bertz CT molecular complexity index is 526. The molecule has 0 bridgehead atoms. The van der Waals surface area contributed by atoms with Gasteiger partial charge in [-0.05, 0) is 12.5 Å². The zero-order valence-corrected chi connectivity index (χ0v) is 15.1. The van der Waals surface area contributed by atoms with Crippen LogP contribution in [0.5, 0.6) is 0 Å². The molecule has 0 unspecified atom stereocenters. The molecule has 2 rings (SSSR count). The fourth-order valence-electron chi connectivity index (χ4n) is 3.10. The zero-order valence-electron chi connectivity index (χ0n) is 15.1. The smallest absolute Gasteiger partial charge is 0.407 e. The normalized spacial score (nSPS) is 29.2. The van der Waals surface area contributed by atoms with Crippen LogP contribution >= 0.6 is 0 Å². The summed E-state index contributed by atoms with van der Waals surface area (Å²) in [6, 6.07) is 9.50. The van der Waals surface area contributed by atoms with Crippen LogP contribution in [0.4, 0.5) is 4.79 Å². The van der Waals surface area contributed by atoms with Gasteiger partial charge in [0.1, 0.15) is 31.0 Å². The van der Waals surface area contributed by atoms with Crippen molar-refractivity contribution in [2.45, 2.75) is 44.1 Å². The van der Waals surface area contributed by atoms with E-state index in [2.05, 4.69) is 5.32 Å². The number of nitrogens with one attached hydrogen (secondary N) is 1. The Balaban J connectivity index is 1.86. The lowest BCUT2D eigenvalue weighted by Gasteiger charge is -2.44. The number of carbonyl (C=O) groups excluding carboxylic acids is 1. The Labute approximate surface area is 148 Å². The van der Waals surface area contributed by atoms with Crippen LogP contribution in [0.15, 0.2) is 30.3 Å². The molecule has 140 valence electrons. The average molecular weight is 353 g/mol. The molecular formula is C18H27NO6. The van der Waals surface area contributed by atoms with Crippen LogP contribution < -0.4 is 5.32 Å². The van der Waals surface area contributed by atoms with Gasteiger partial charge in [0.2, 0.25) is 0 Å². The van der Waals surface area contributed by atoms with E-state index < -0.39 is 6.09 Å². The Hall–Kier alpha value is -1.67. The number of rotatable bonds is 7. The number of amides is 1. The molecule has 0 saturated carbocycles. The van der Waals surface area contributed by atoms with Crippen LogP contribution in [-0.4, -0.2) is 64.5 Å². The Morgan fingerprint density at radius 2 is 1.68 bits per heavy atom. The summed E-state index contributed by atoms with van der Waals surface area (Å²) in [5, 5.41) is 2.72. The zero-order chi connectivity index (χ0) is 18.2. The molecule has 1 aliphatic rings. The van der Waals surface area contributed by atoms with Crippen LogP contribution in [0, 0.1) is 0 Å². The lowest BCUT2D eigenvalue weighted by atomic mass is 9.95. The highest BCUT2D eigenvalue weighted by atomic mass is 16.6. The molecule has 7 nitrogen and oxygen atoms in total. The molecule has 1 aromatic carbocycles. The average Bonchev–Trinajstić information content (AvgIpc) is 2.64. The minimum Gasteiger partial charge on any atom is -0.445 e. The molecule has 25 heavy (non-hydrogen) atoms. The molecule has 1 fully saturated rings. The second kappa shape index (κ2) is 9.72. The standard InChI is InChI=1S/C18H27NO6/c1-12-15(21-2)17(23-4)16(22-3)14(25-12)10-19-18(20)24-11-13-8-6-5-7-9-13/h5-9,12,14-17H,10-11H2,1-4H3,(H,19,20)/t12-,14-,15-,16-,17+/m0/s1. The largest absolute Gasteiger partial charge is 0.445 e. The third-order valence-corrected chi connectivity index (χ3v) is 4.34. The Morgan fingerprint density at radius 3 is 2.28 bits per heavy atom. The highest BCUT2D eigenvalue weighted by Gasteiger charge is 2.45. The third-order valence-electron chi connectivity index (χ3n) is 4.34. The highest BCUT2D eigenvalue weighted by molar-refractivity contribution is 5.67. The van der Waals surface area contributed by atoms with E-state index in [0.717, 1.165) is 5.56 Å². The van der Waals surface area contributed by atoms with E-state index in [1.54, 1.807) is 21.3 Å². The molecule has 1 aromatic rings. The fraction of sp³-hybridized carbons (Fsp3) is 0.611. The van der Waals surface area contributed by atoms with Crippen molar-refractivity contribution in [3.05, 3.63) is 35.9 Å². The number of ether oxygens (including phenoxy) is 5. The van der Waals surface area contributed by atoms with Crippen LogP contribution in [0.3, 0.4) is 0 Å². The predicted molar refractivity (Wildman–Crippen MR) is 91.4 cm³/mol. The van der Waals surface area contributed by atoms with Gasteiger partial charge in [0, 0.05) is 27.9 Å². The van der Waals surface area contributed by atoms with Crippen LogP contribution in [0.2, 0.25) is 0 Å². The molecule has 0 spiro atoms. The van der Waals surface area contributed by atoms with Gasteiger partial charge in [-0.25, -0.2) is 4.79 Å². The molecule has 1 saturated heterocycles. The van der Waals surface area contributed by atoms with Crippen molar-refractivity contribution in [2.75, 3.05) is 27.9 Å². The quantitative estimate of drug-likeness (QED) is 0.805. The number of carbonyl (C=O) groups is 1. The third kappa shape index (κ3) is 5.15. The van der Waals surface area contributed by atoms with E-state index in [9.17, 15) is 4.79 Å². The number of hydrogen-bond acceptors (Lipinski definition) is 6. The highest BCUT2D eigenvalue weighted by Crippen LogP contribution is 2.26. The molecule has 5 atom stereocenters. The fourth-order valence-corrected chi connectivity index (χ4v) is 3.10. The first kappa shape index (κ1) is 19.7. The van der Waals surface area contributed by atoms with Gasteiger partial charge >= 0.3 is 6.09 Å². The summed E-state index contributed by atoms with van der Waals surface area (Å²) in [5.41, 5.74) is 0.928. The van der Waals surface area contributed by atoms with E-state index in [1.165, 1.54) is 0 Å². The van der Waals surface area contributed by atoms with Crippen molar-refractivity contribution >= 4 is 6.09 Å². The molecule has 0 aliphatic carbocycles. The molecule has 1 N–H and O–H groups in total. The van der Waals surface area contributed by atoms with Crippen LogP contribution in [0.25, 0.3) is 0 Å². The van der Waals surface area contributed by atoms with Crippen molar-refractivity contribution < 1.29 is 28.5 Å². The van der Waals surface area contributed by atoms with E-state index in [0.29, 0.717) is 0 Å². The Morgan fingerprint density at radius 1 is 1.04 bits per heavy atom. The molecule has 1 amide bonds. The van der Waals surface area contributed by atoms with Crippen molar-refractivity contribution in [2.24, 2.45) is 0 Å². The molecule has 7 heteroatoms. The molecule has 0 radical (unpaired) electrons. The maximum atomic E-state index is 11.9. The lowest BCUT2D eigenvalue weighted by molar-refractivity contribution is -0.236. The minimum absolute atomic E-state index is 0.187. The summed E-state index contributed by atoms with van der Waals surface area (Å²) in [6.45, 7) is 2.38. The number of hydrogen-bond donors (Lipinski definition) is 1. The molecule has 0 aromatic heterocycles. The van der Waals surface area contributed by atoms with Crippen LogP contribution in [-0.2, 0) is 30.3 Å². The van der Waals surface area contributed by atoms with Gasteiger partial charge in [-0.15, -0.1) is 0 Å². The van der Waals surface area contributed by atoms with Crippen molar-refractivity contribution in [1.82, 2.24) is 5.32 Å². The Kier molecular flexibility index (Phi) is 7.64. The van der Waals surface area contributed by atoms with Crippen molar-refractivity contribution in [3.63, 3.8) is 0 Å². The van der Waals surface area contributed by atoms with E-state index in [-0.39, 0.29) is 43.7 Å². The van der Waals surface area contributed by atoms with Gasteiger partial charge < -0.3 is 29.0 Å². The number of methoxy groups -OCH3 is 3. The monoisotopic (exact) mass is 353 g/mol. The second-order valence-electron chi connectivity index (χ2n) is 5.92. The maximum Gasteiger partial charge on any atom is 0.407 e. The second-order valence-corrected chi connectivity index (χ2v) is 5.92. The van der Waals surface area contributed by atoms with Gasteiger partial charge in [0.25, 0.3) is 0 Å². The van der Waals surface area contributed by atoms with Gasteiger partial charge in [0.15, 0.2) is 0 Å². The SMILES string of the molecule is CO[C@@H]1[C@@H](OC)[C@H](C)O[C@@H](CNC(=O)OCc2ccccc2)[C@@H]1OC. The summed E-state index contributed by atoms with van der Waals surface area (Å²) in [4.78, 5) is 11.9. The van der Waals surface area contributed by atoms with Crippen LogP contribution in [0.1, 0.15) is 12.5 Å². The lowest BCUT2D eigenvalue weighted by Crippen LogP contribution is -2.61. The van der Waals surface area contributed by atoms with E-state index in [4.69, 9.17) is 23.7 Å². The number of alkyl carbamates (subject to hydrolysis) is 1. The molecular weight excluding hydrogens is 326 g/mol. The topological polar surface area (TPSA) is 75.2 Å². The summed E-state index contributed by atoms with van der Waals surface area (Å²) in [7, 11) is 4.81. The molecule has 1 aliphatic heterocycles. The molecule has 1 heterocycles. The number of benzene rings is 1. The van der Waals surface area contributed by atoms with E-state index >= 15 is 0 Å². The van der Waals surface area contributed by atoms with Crippen molar-refractivity contribution in [1.29, 1.82) is 0 Å². The first-order valence-electron chi connectivity index (χ1n) is 8.29. The van der Waals surface area contributed by atoms with Gasteiger partial charge in [-0.2, -0.15) is 0 Å². The summed E-state index contributed by atoms with van der Waals surface area (Å²) in [6.07, 6.45) is -1.94. The van der Waals surface area contributed by atoms with Gasteiger partial charge in [-0.1, -0.05) is 30.3 Å². The first-order valence-corrected chi connectivity index (χ1v) is 8.29. The predicted octanol–water partition coefficient (Wildman–Crippen LogP) is 1.75. The van der Waals surface area contributed by atoms with Crippen molar-refractivity contribution in [3.8, 4) is 0 Å². The minimum atomic E-state index is -0.502. The van der Waals surface area contributed by atoms with E-state index in [1.807, 2.05) is 37.3 Å². The summed E-state index contributed by atoms with van der Waals surface area (Å²) >= 11 is 0. The maximum absolute atomic E-state index is 11.9. The van der Waals surface area contributed by atoms with Gasteiger partial charge in [-0.3, -0.25) is 0 Å². The first-order chi connectivity index (χ1) is 12.1. The van der Waals surface area contributed by atoms with Gasteiger partial charge in [0.05, 0.1) is 6.10 Å². The summed E-state index contributed by atoms with van der Waals surface area (Å²) in [5.74, 6) is 0. The summed E-state index contributed by atoms with van der Waals surface area (Å²) < 4.78 is 27.7.